The molecule has 86 valence electrons. The van der Waals surface area contributed by atoms with E-state index in [0.717, 1.165) is 37.1 Å². The molecule has 2 N–H and O–H groups in total. The first-order valence-corrected chi connectivity index (χ1v) is 6.20. The molecule has 0 radical (unpaired) electrons. The van der Waals surface area contributed by atoms with Crippen LogP contribution in [0.5, 0.6) is 0 Å². The molecule has 1 saturated carbocycles. The Hall–Kier alpha value is -0.870. The second-order valence-corrected chi connectivity index (χ2v) is 4.89. The second kappa shape index (κ2) is 4.18. The molecule has 16 heavy (non-hydrogen) atoms. The predicted molar refractivity (Wildman–Crippen MR) is 63.4 cm³/mol. The number of fused-ring (bicyclic) bond motifs is 1. The molecule has 1 aromatic heterocycles. The number of halogens is 1. The molecule has 0 spiro atoms. The minimum Gasteiger partial charge on any atom is -0.369 e. The molecule has 0 atom stereocenters. The van der Waals surface area contributed by atoms with E-state index < -0.39 is 0 Å². The molecule has 1 aliphatic carbocycles. The highest BCUT2D eigenvalue weighted by Gasteiger charge is 2.21. The molecule has 1 aliphatic heterocycles. The Morgan fingerprint density at radius 1 is 1.31 bits per heavy atom. The first-order valence-electron chi connectivity index (χ1n) is 5.83. The van der Waals surface area contributed by atoms with Crippen molar-refractivity contribution in [3.63, 3.8) is 0 Å². The third-order valence-corrected chi connectivity index (χ3v) is 3.61. The van der Waals surface area contributed by atoms with Crippen molar-refractivity contribution in [2.45, 2.75) is 32.4 Å². The SMILES string of the molecule is Clc1nc2c(c(NCC3CCC3)n1)CNC2. The van der Waals surface area contributed by atoms with Crippen LogP contribution in [-0.4, -0.2) is 16.5 Å². The van der Waals surface area contributed by atoms with Crippen LogP contribution in [0.15, 0.2) is 0 Å². The quantitative estimate of drug-likeness (QED) is 0.791. The van der Waals surface area contributed by atoms with Gasteiger partial charge in [0.15, 0.2) is 0 Å². The first-order chi connectivity index (χ1) is 7.83. The number of hydrogen-bond acceptors (Lipinski definition) is 4. The summed E-state index contributed by atoms with van der Waals surface area (Å²) >= 11 is 5.90. The van der Waals surface area contributed by atoms with E-state index in [1.54, 1.807) is 0 Å². The molecule has 2 aliphatic rings. The van der Waals surface area contributed by atoms with Gasteiger partial charge in [0.05, 0.1) is 5.69 Å². The Bertz CT molecular complexity index is 403. The summed E-state index contributed by atoms with van der Waals surface area (Å²) in [4.78, 5) is 8.51. The molecule has 2 heterocycles. The average Bonchev–Trinajstić information content (AvgIpc) is 2.62. The van der Waals surface area contributed by atoms with Crippen LogP contribution in [-0.2, 0) is 13.1 Å². The van der Waals surface area contributed by atoms with Crippen LogP contribution in [0.2, 0.25) is 5.28 Å². The molecule has 1 aromatic rings. The third kappa shape index (κ3) is 1.87. The molecule has 0 amide bonds. The maximum absolute atomic E-state index is 5.90. The van der Waals surface area contributed by atoms with Crippen molar-refractivity contribution in [1.29, 1.82) is 0 Å². The Kier molecular flexibility index (Phi) is 2.69. The highest BCUT2D eigenvalue weighted by Crippen LogP contribution is 2.28. The molecule has 4 nitrogen and oxygen atoms in total. The molecule has 0 aromatic carbocycles. The van der Waals surface area contributed by atoms with E-state index in [1.165, 1.54) is 24.8 Å². The van der Waals surface area contributed by atoms with Crippen molar-refractivity contribution >= 4 is 17.4 Å². The zero-order chi connectivity index (χ0) is 11.0. The van der Waals surface area contributed by atoms with Gasteiger partial charge in [0.2, 0.25) is 5.28 Å². The van der Waals surface area contributed by atoms with Crippen LogP contribution < -0.4 is 10.6 Å². The van der Waals surface area contributed by atoms with Gasteiger partial charge in [0, 0.05) is 25.2 Å². The number of nitrogens with zero attached hydrogens (tertiary/aromatic N) is 2. The maximum atomic E-state index is 5.90. The normalized spacial score (nSPS) is 19.3. The Morgan fingerprint density at radius 2 is 2.19 bits per heavy atom. The fourth-order valence-electron chi connectivity index (χ4n) is 2.22. The van der Waals surface area contributed by atoms with Gasteiger partial charge in [-0.25, -0.2) is 9.97 Å². The van der Waals surface area contributed by atoms with Gasteiger partial charge in [-0.1, -0.05) is 6.42 Å². The maximum Gasteiger partial charge on any atom is 0.224 e. The van der Waals surface area contributed by atoms with Gasteiger partial charge in [-0.15, -0.1) is 0 Å². The van der Waals surface area contributed by atoms with Gasteiger partial charge >= 0.3 is 0 Å². The summed E-state index contributed by atoms with van der Waals surface area (Å²) in [5, 5.41) is 7.03. The summed E-state index contributed by atoms with van der Waals surface area (Å²) in [5.41, 5.74) is 2.22. The molecular formula is C11H15ClN4. The molecule has 0 bridgehead atoms. The van der Waals surface area contributed by atoms with E-state index in [1.807, 2.05) is 0 Å². The smallest absolute Gasteiger partial charge is 0.224 e. The van der Waals surface area contributed by atoms with Crippen molar-refractivity contribution in [2.75, 3.05) is 11.9 Å². The topological polar surface area (TPSA) is 49.8 Å². The van der Waals surface area contributed by atoms with Gasteiger partial charge < -0.3 is 10.6 Å². The minimum absolute atomic E-state index is 0.346. The van der Waals surface area contributed by atoms with Crippen LogP contribution in [0.3, 0.4) is 0 Å². The van der Waals surface area contributed by atoms with Crippen molar-refractivity contribution in [3.05, 3.63) is 16.5 Å². The second-order valence-electron chi connectivity index (χ2n) is 4.55. The van der Waals surface area contributed by atoms with Crippen molar-refractivity contribution in [3.8, 4) is 0 Å². The van der Waals surface area contributed by atoms with Gasteiger partial charge in [0.1, 0.15) is 5.82 Å². The number of aromatic nitrogens is 2. The number of hydrogen-bond donors (Lipinski definition) is 2. The molecule has 3 rings (SSSR count). The van der Waals surface area contributed by atoms with Crippen molar-refractivity contribution < 1.29 is 0 Å². The fraction of sp³-hybridized carbons (Fsp3) is 0.636. The zero-order valence-corrected chi connectivity index (χ0v) is 9.85. The summed E-state index contributed by atoms with van der Waals surface area (Å²) in [6.07, 6.45) is 4.05. The van der Waals surface area contributed by atoms with Crippen molar-refractivity contribution in [1.82, 2.24) is 15.3 Å². The van der Waals surface area contributed by atoms with Crippen LogP contribution in [0.1, 0.15) is 30.5 Å². The third-order valence-electron chi connectivity index (χ3n) is 3.44. The monoisotopic (exact) mass is 238 g/mol. The molecule has 5 heteroatoms. The van der Waals surface area contributed by atoms with E-state index >= 15 is 0 Å². The Labute approximate surface area is 99.8 Å². The van der Waals surface area contributed by atoms with Crippen LogP contribution in [0.25, 0.3) is 0 Å². The largest absolute Gasteiger partial charge is 0.369 e. The number of anilines is 1. The predicted octanol–water partition coefficient (Wildman–Crippen LogP) is 1.95. The lowest BCUT2D eigenvalue weighted by molar-refractivity contribution is 0.333. The lowest BCUT2D eigenvalue weighted by atomic mass is 9.85. The van der Waals surface area contributed by atoms with E-state index in [4.69, 9.17) is 11.6 Å². The van der Waals surface area contributed by atoms with Crippen LogP contribution >= 0.6 is 11.6 Å². The van der Waals surface area contributed by atoms with Crippen LogP contribution in [0, 0.1) is 5.92 Å². The lowest BCUT2D eigenvalue weighted by Gasteiger charge is -2.26. The lowest BCUT2D eigenvalue weighted by Crippen LogP contribution is -2.22. The molecule has 0 unspecified atom stereocenters. The highest BCUT2D eigenvalue weighted by molar-refractivity contribution is 6.28. The Balaban J connectivity index is 1.77. The fourth-order valence-corrected chi connectivity index (χ4v) is 2.41. The summed E-state index contributed by atoms with van der Waals surface area (Å²) in [6.45, 7) is 2.66. The highest BCUT2D eigenvalue weighted by atomic mass is 35.5. The van der Waals surface area contributed by atoms with E-state index in [-0.39, 0.29) is 0 Å². The minimum atomic E-state index is 0.346. The van der Waals surface area contributed by atoms with E-state index in [2.05, 4.69) is 20.6 Å². The van der Waals surface area contributed by atoms with Crippen molar-refractivity contribution in [2.24, 2.45) is 5.92 Å². The zero-order valence-electron chi connectivity index (χ0n) is 9.09. The number of nitrogens with one attached hydrogen (secondary N) is 2. The first kappa shape index (κ1) is 10.3. The Morgan fingerprint density at radius 3 is 2.94 bits per heavy atom. The average molecular weight is 239 g/mol. The van der Waals surface area contributed by atoms with Crippen LogP contribution in [0.4, 0.5) is 5.82 Å². The van der Waals surface area contributed by atoms with E-state index in [0.29, 0.717) is 5.28 Å². The molecular weight excluding hydrogens is 224 g/mol. The number of rotatable bonds is 3. The standard InChI is InChI=1S/C11H15ClN4/c12-11-15-9-6-13-5-8(9)10(16-11)14-4-7-2-1-3-7/h7,13H,1-6H2,(H,14,15,16). The summed E-state index contributed by atoms with van der Waals surface area (Å²) < 4.78 is 0. The summed E-state index contributed by atoms with van der Waals surface area (Å²) in [6, 6.07) is 0. The van der Waals surface area contributed by atoms with Gasteiger partial charge in [-0.05, 0) is 30.4 Å². The van der Waals surface area contributed by atoms with Gasteiger partial charge in [-0.3, -0.25) is 0 Å². The van der Waals surface area contributed by atoms with Gasteiger partial charge in [0.25, 0.3) is 0 Å². The summed E-state index contributed by atoms with van der Waals surface area (Å²) in [7, 11) is 0. The molecule has 0 saturated heterocycles. The summed E-state index contributed by atoms with van der Waals surface area (Å²) in [5.74, 6) is 1.74. The molecule has 1 fully saturated rings. The van der Waals surface area contributed by atoms with E-state index in [9.17, 15) is 0 Å². The van der Waals surface area contributed by atoms with Gasteiger partial charge in [-0.2, -0.15) is 0 Å².